The summed E-state index contributed by atoms with van der Waals surface area (Å²) in [5.74, 6) is 0. The van der Waals surface area contributed by atoms with Crippen LogP contribution in [0.3, 0.4) is 0 Å². The fraction of sp³-hybridized carbons (Fsp3) is 0.333. The smallest absolute Gasteiger partial charge is 0.107 e. The molecular weight excluding hydrogens is 191 g/mol. The third-order valence-corrected chi connectivity index (χ3v) is 2.06. The van der Waals surface area contributed by atoms with Gasteiger partial charge < -0.3 is 10.6 Å². The lowest BCUT2D eigenvalue weighted by Gasteiger charge is -2.19. The van der Waals surface area contributed by atoms with Gasteiger partial charge in [0.15, 0.2) is 0 Å². The largest absolute Gasteiger partial charge is 0.397 e. The average Bonchev–Trinajstić information content (AvgIpc) is 2.09. The van der Waals surface area contributed by atoms with E-state index >= 15 is 0 Å². The van der Waals surface area contributed by atoms with Gasteiger partial charge in [-0.15, -0.1) is 0 Å². The molecule has 0 aromatic heterocycles. The van der Waals surface area contributed by atoms with E-state index < -0.39 is 6.67 Å². The Labute approximate surface area is 82.1 Å². The molecule has 2 N–H and O–H groups in total. The third kappa shape index (κ3) is 2.49. The van der Waals surface area contributed by atoms with Crippen LogP contribution in [0.15, 0.2) is 18.2 Å². The zero-order valence-electron chi connectivity index (χ0n) is 7.43. The molecule has 0 spiro atoms. The lowest BCUT2D eigenvalue weighted by Crippen LogP contribution is -2.20. The highest BCUT2D eigenvalue weighted by Gasteiger charge is 2.04. The Bertz CT molecular complexity index is 291. The van der Waals surface area contributed by atoms with Gasteiger partial charge in [-0.2, -0.15) is 0 Å². The van der Waals surface area contributed by atoms with Crippen LogP contribution in [0, 0.1) is 0 Å². The summed E-state index contributed by atoms with van der Waals surface area (Å²) < 4.78 is 12.0. The number of alkyl halides is 1. The van der Waals surface area contributed by atoms with E-state index in [4.69, 9.17) is 17.3 Å². The van der Waals surface area contributed by atoms with Crippen molar-refractivity contribution in [2.45, 2.75) is 0 Å². The number of hydrogen-bond donors (Lipinski definition) is 1. The predicted octanol–water partition coefficient (Wildman–Crippen LogP) is 2.33. The van der Waals surface area contributed by atoms with Gasteiger partial charge in [-0.05, 0) is 18.2 Å². The maximum Gasteiger partial charge on any atom is 0.107 e. The van der Waals surface area contributed by atoms with Gasteiger partial charge in [-0.1, -0.05) is 11.6 Å². The van der Waals surface area contributed by atoms with Crippen molar-refractivity contribution in [1.82, 2.24) is 0 Å². The number of rotatable bonds is 3. The second-order valence-corrected chi connectivity index (χ2v) is 3.25. The van der Waals surface area contributed by atoms with Gasteiger partial charge >= 0.3 is 0 Å². The van der Waals surface area contributed by atoms with Crippen molar-refractivity contribution in [2.75, 3.05) is 30.9 Å². The Balaban J connectivity index is 2.91. The van der Waals surface area contributed by atoms with E-state index in [0.29, 0.717) is 17.3 Å². The van der Waals surface area contributed by atoms with Gasteiger partial charge in [0.1, 0.15) is 6.67 Å². The van der Waals surface area contributed by atoms with Crippen LogP contribution in [-0.2, 0) is 0 Å². The van der Waals surface area contributed by atoms with Crippen LogP contribution in [0.5, 0.6) is 0 Å². The first-order valence-electron chi connectivity index (χ1n) is 3.97. The minimum Gasteiger partial charge on any atom is -0.397 e. The Kier molecular flexibility index (Phi) is 3.37. The highest BCUT2D eigenvalue weighted by Crippen LogP contribution is 2.25. The van der Waals surface area contributed by atoms with Crippen molar-refractivity contribution in [3.8, 4) is 0 Å². The Morgan fingerprint density at radius 2 is 2.23 bits per heavy atom. The van der Waals surface area contributed by atoms with Crippen molar-refractivity contribution in [1.29, 1.82) is 0 Å². The second-order valence-electron chi connectivity index (χ2n) is 2.81. The van der Waals surface area contributed by atoms with E-state index in [-0.39, 0.29) is 0 Å². The quantitative estimate of drug-likeness (QED) is 0.763. The number of nitrogens with two attached hydrogens (primary N) is 1. The van der Waals surface area contributed by atoms with Gasteiger partial charge in [0.05, 0.1) is 11.4 Å². The van der Waals surface area contributed by atoms with Crippen molar-refractivity contribution in [3.63, 3.8) is 0 Å². The maximum absolute atomic E-state index is 12.0. The zero-order valence-corrected chi connectivity index (χ0v) is 8.18. The van der Waals surface area contributed by atoms with Crippen LogP contribution < -0.4 is 10.6 Å². The van der Waals surface area contributed by atoms with Gasteiger partial charge in [0.25, 0.3) is 0 Å². The van der Waals surface area contributed by atoms with Gasteiger partial charge in [-0.3, -0.25) is 0 Å². The fourth-order valence-electron chi connectivity index (χ4n) is 1.09. The van der Waals surface area contributed by atoms with E-state index in [0.717, 1.165) is 5.69 Å². The lowest BCUT2D eigenvalue weighted by molar-refractivity contribution is 0.497. The number of hydrogen-bond acceptors (Lipinski definition) is 2. The maximum atomic E-state index is 12.0. The molecule has 0 heterocycles. The van der Waals surface area contributed by atoms with Crippen LogP contribution in [-0.4, -0.2) is 20.3 Å². The fourth-order valence-corrected chi connectivity index (χ4v) is 1.26. The Morgan fingerprint density at radius 3 is 2.85 bits per heavy atom. The SMILES string of the molecule is CN(CCF)c1cc(Cl)ccc1N. The molecule has 0 aliphatic rings. The molecule has 0 unspecified atom stereocenters. The first kappa shape index (κ1) is 10.1. The molecule has 1 aromatic rings. The first-order valence-corrected chi connectivity index (χ1v) is 4.35. The van der Waals surface area contributed by atoms with Crippen molar-refractivity contribution in [2.24, 2.45) is 0 Å². The van der Waals surface area contributed by atoms with Crippen LogP contribution in [0.1, 0.15) is 0 Å². The third-order valence-electron chi connectivity index (χ3n) is 1.82. The monoisotopic (exact) mass is 202 g/mol. The molecule has 4 heteroatoms. The van der Waals surface area contributed by atoms with Gasteiger partial charge in [0, 0.05) is 18.6 Å². The summed E-state index contributed by atoms with van der Waals surface area (Å²) in [6.45, 7) is -0.0764. The molecule has 1 rings (SSSR count). The van der Waals surface area contributed by atoms with Crippen molar-refractivity contribution < 1.29 is 4.39 Å². The molecule has 1 aromatic carbocycles. The molecule has 0 aliphatic carbocycles. The average molecular weight is 203 g/mol. The number of halogens is 2. The normalized spacial score (nSPS) is 10.1. The predicted molar refractivity (Wildman–Crippen MR) is 55.1 cm³/mol. The van der Waals surface area contributed by atoms with Gasteiger partial charge in [-0.25, -0.2) is 4.39 Å². The molecule has 2 nitrogen and oxygen atoms in total. The van der Waals surface area contributed by atoms with E-state index in [9.17, 15) is 4.39 Å². The molecule has 0 bridgehead atoms. The molecule has 0 radical (unpaired) electrons. The molecule has 72 valence electrons. The summed E-state index contributed by atoms with van der Waals surface area (Å²) in [5.41, 5.74) is 7.08. The molecule has 0 amide bonds. The van der Waals surface area contributed by atoms with E-state index in [1.807, 2.05) is 0 Å². The molecule has 0 aliphatic heterocycles. The molecule has 0 saturated carbocycles. The summed E-state index contributed by atoms with van der Waals surface area (Å²) in [4.78, 5) is 1.74. The summed E-state index contributed by atoms with van der Waals surface area (Å²) in [6, 6.07) is 5.16. The molecule has 13 heavy (non-hydrogen) atoms. The van der Waals surface area contributed by atoms with Crippen LogP contribution in [0.25, 0.3) is 0 Å². The minimum absolute atomic E-state index is 0.324. The minimum atomic E-state index is -0.400. The lowest BCUT2D eigenvalue weighted by atomic mass is 10.2. The summed E-state index contributed by atoms with van der Waals surface area (Å²) >= 11 is 5.79. The van der Waals surface area contributed by atoms with Crippen LogP contribution in [0.2, 0.25) is 5.02 Å². The van der Waals surface area contributed by atoms with Crippen LogP contribution >= 0.6 is 11.6 Å². The molecule has 0 fully saturated rings. The first-order chi connectivity index (χ1) is 6.15. The summed E-state index contributed by atoms with van der Waals surface area (Å²) in [7, 11) is 1.78. The van der Waals surface area contributed by atoms with E-state index in [1.54, 1.807) is 30.1 Å². The number of benzene rings is 1. The Hall–Kier alpha value is -0.960. The summed E-state index contributed by atoms with van der Waals surface area (Å²) in [5, 5.41) is 0.606. The van der Waals surface area contributed by atoms with E-state index in [1.165, 1.54) is 0 Å². The van der Waals surface area contributed by atoms with Crippen molar-refractivity contribution in [3.05, 3.63) is 23.2 Å². The summed E-state index contributed by atoms with van der Waals surface area (Å²) in [6.07, 6.45) is 0. The van der Waals surface area contributed by atoms with Gasteiger partial charge in [0.2, 0.25) is 0 Å². The van der Waals surface area contributed by atoms with Crippen molar-refractivity contribution >= 4 is 23.0 Å². The molecular formula is C9H12ClFN2. The molecule has 0 atom stereocenters. The topological polar surface area (TPSA) is 29.3 Å². The molecule has 0 saturated heterocycles. The second kappa shape index (κ2) is 4.33. The standard InChI is InChI=1S/C9H12ClFN2/c1-13(5-4-11)9-6-7(10)2-3-8(9)12/h2-3,6H,4-5,12H2,1H3. The number of nitrogens with zero attached hydrogens (tertiary/aromatic N) is 1. The highest BCUT2D eigenvalue weighted by atomic mass is 35.5. The number of nitrogen functional groups attached to an aromatic ring is 1. The Morgan fingerprint density at radius 1 is 1.54 bits per heavy atom. The highest BCUT2D eigenvalue weighted by molar-refractivity contribution is 6.31. The van der Waals surface area contributed by atoms with E-state index in [2.05, 4.69) is 0 Å². The number of anilines is 2. The zero-order chi connectivity index (χ0) is 9.84. The van der Waals surface area contributed by atoms with Crippen LogP contribution in [0.4, 0.5) is 15.8 Å².